The molecule has 1 aliphatic heterocycles. The van der Waals surface area contributed by atoms with Crippen LogP contribution in [0.1, 0.15) is 23.2 Å². The van der Waals surface area contributed by atoms with Gasteiger partial charge in [-0.05, 0) is 31.0 Å². The van der Waals surface area contributed by atoms with Crippen molar-refractivity contribution in [1.82, 2.24) is 0 Å². The Kier molecular flexibility index (Phi) is 4.39. The van der Waals surface area contributed by atoms with Gasteiger partial charge in [-0.15, -0.1) is 0 Å². The third kappa shape index (κ3) is 3.24. The molecule has 0 spiro atoms. The number of ether oxygens (including phenoxy) is 2. The second-order valence-electron chi connectivity index (χ2n) is 4.17. The molecule has 1 saturated heterocycles. The van der Waals surface area contributed by atoms with E-state index in [0.29, 0.717) is 23.7 Å². The maximum absolute atomic E-state index is 11.9. The second-order valence-corrected chi connectivity index (χ2v) is 4.61. The molecular weight excluding hydrogens is 270 g/mol. The van der Waals surface area contributed by atoms with E-state index in [2.05, 4.69) is 10.1 Å². The number of carbonyl (C=O) groups excluding carboxylic acids is 2. The van der Waals surface area contributed by atoms with Crippen molar-refractivity contribution in [2.24, 2.45) is 0 Å². The molecule has 19 heavy (non-hydrogen) atoms. The maximum Gasteiger partial charge on any atom is 0.340 e. The summed E-state index contributed by atoms with van der Waals surface area (Å²) in [6.45, 7) is 0.586. The summed E-state index contributed by atoms with van der Waals surface area (Å²) in [7, 11) is 1.27. The quantitative estimate of drug-likeness (QED) is 0.864. The normalized spacial score (nSPS) is 18.1. The fourth-order valence-corrected chi connectivity index (χ4v) is 2.07. The predicted molar refractivity (Wildman–Crippen MR) is 70.4 cm³/mol. The minimum atomic E-state index is -0.551. The molecule has 1 fully saturated rings. The molecule has 2 rings (SSSR count). The Balaban J connectivity index is 2.19. The van der Waals surface area contributed by atoms with Crippen LogP contribution in [-0.2, 0) is 14.3 Å². The molecular formula is C13H14ClNO4. The van der Waals surface area contributed by atoms with Crippen molar-refractivity contribution in [2.75, 3.05) is 19.0 Å². The molecule has 0 saturated carbocycles. The number of halogens is 1. The number of carbonyl (C=O) groups is 2. The van der Waals surface area contributed by atoms with Gasteiger partial charge in [-0.2, -0.15) is 0 Å². The highest BCUT2D eigenvalue weighted by Crippen LogP contribution is 2.23. The first-order chi connectivity index (χ1) is 9.11. The minimum Gasteiger partial charge on any atom is -0.465 e. The third-order valence-electron chi connectivity index (χ3n) is 2.87. The van der Waals surface area contributed by atoms with Gasteiger partial charge in [-0.3, -0.25) is 4.79 Å². The zero-order valence-electron chi connectivity index (χ0n) is 10.4. The van der Waals surface area contributed by atoms with Crippen LogP contribution >= 0.6 is 11.6 Å². The number of amides is 1. The lowest BCUT2D eigenvalue weighted by Gasteiger charge is -2.13. The van der Waals surface area contributed by atoms with Crippen LogP contribution in [0.5, 0.6) is 0 Å². The van der Waals surface area contributed by atoms with Crippen LogP contribution in [0.15, 0.2) is 18.2 Å². The molecule has 0 aliphatic carbocycles. The fourth-order valence-electron chi connectivity index (χ4n) is 1.90. The van der Waals surface area contributed by atoms with E-state index in [1.807, 2.05) is 0 Å². The standard InChI is InChI=1S/C13H14ClNO4/c1-18-13(17)9-7-8(14)4-5-10(9)15-12(16)11-3-2-6-19-11/h4-5,7,11H,2-3,6H2,1H3,(H,15,16). The molecule has 0 bridgehead atoms. The number of hydrogen-bond acceptors (Lipinski definition) is 4. The summed E-state index contributed by atoms with van der Waals surface area (Å²) in [5.41, 5.74) is 0.595. The van der Waals surface area contributed by atoms with Crippen molar-refractivity contribution in [1.29, 1.82) is 0 Å². The molecule has 5 nitrogen and oxygen atoms in total. The van der Waals surface area contributed by atoms with E-state index in [-0.39, 0.29) is 11.5 Å². The number of methoxy groups -OCH3 is 1. The SMILES string of the molecule is COC(=O)c1cc(Cl)ccc1NC(=O)C1CCCO1. The highest BCUT2D eigenvalue weighted by molar-refractivity contribution is 6.31. The van der Waals surface area contributed by atoms with Gasteiger partial charge in [0.15, 0.2) is 0 Å². The Labute approximate surface area is 115 Å². The third-order valence-corrected chi connectivity index (χ3v) is 3.10. The van der Waals surface area contributed by atoms with Gasteiger partial charge in [0, 0.05) is 11.6 Å². The molecule has 1 amide bonds. The van der Waals surface area contributed by atoms with E-state index in [0.717, 1.165) is 6.42 Å². The summed E-state index contributed by atoms with van der Waals surface area (Å²) in [6, 6.07) is 4.62. The van der Waals surface area contributed by atoms with Crippen molar-refractivity contribution < 1.29 is 19.1 Å². The highest BCUT2D eigenvalue weighted by Gasteiger charge is 2.25. The molecule has 6 heteroatoms. The zero-order chi connectivity index (χ0) is 13.8. The summed E-state index contributed by atoms with van der Waals surface area (Å²) in [5.74, 6) is -0.810. The molecule has 1 aromatic carbocycles. The van der Waals surface area contributed by atoms with Crippen LogP contribution in [-0.4, -0.2) is 31.7 Å². The van der Waals surface area contributed by atoms with Gasteiger partial charge in [0.1, 0.15) is 6.10 Å². The van der Waals surface area contributed by atoms with Crippen LogP contribution in [0.3, 0.4) is 0 Å². The van der Waals surface area contributed by atoms with Crippen LogP contribution in [0, 0.1) is 0 Å². The van der Waals surface area contributed by atoms with Crippen LogP contribution in [0.2, 0.25) is 5.02 Å². The average molecular weight is 284 g/mol. The molecule has 0 radical (unpaired) electrons. The van der Waals surface area contributed by atoms with E-state index >= 15 is 0 Å². The van der Waals surface area contributed by atoms with Gasteiger partial charge in [0.2, 0.25) is 0 Å². The average Bonchev–Trinajstić information content (AvgIpc) is 2.94. The molecule has 0 aromatic heterocycles. The van der Waals surface area contributed by atoms with Crippen molar-refractivity contribution >= 4 is 29.2 Å². The minimum absolute atomic E-state index is 0.223. The Morgan fingerprint density at radius 2 is 2.26 bits per heavy atom. The lowest BCUT2D eigenvalue weighted by Crippen LogP contribution is -2.27. The van der Waals surface area contributed by atoms with E-state index in [4.69, 9.17) is 16.3 Å². The van der Waals surface area contributed by atoms with Gasteiger partial charge in [0.25, 0.3) is 5.91 Å². The second kappa shape index (κ2) is 6.04. The van der Waals surface area contributed by atoms with Gasteiger partial charge in [-0.25, -0.2) is 4.79 Å². The lowest BCUT2D eigenvalue weighted by molar-refractivity contribution is -0.124. The maximum atomic E-state index is 11.9. The zero-order valence-corrected chi connectivity index (χ0v) is 11.2. The molecule has 1 atom stereocenters. The van der Waals surface area contributed by atoms with Crippen LogP contribution in [0.25, 0.3) is 0 Å². The molecule has 1 N–H and O–H groups in total. The van der Waals surface area contributed by atoms with Gasteiger partial charge < -0.3 is 14.8 Å². The van der Waals surface area contributed by atoms with Gasteiger partial charge in [-0.1, -0.05) is 11.6 Å². The predicted octanol–water partition coefficient (Wildman–Crippen LogP) is 2.24. The fraction of sp³-hybridized carbons (Fsp3) is 0.385. The first kappa shape index (κ1) is 13.8. The summed E-state index contributed by atoms with van der Waals surface area (Å²) in [4.78, 5) is 23.6. The smallest absolute Gasteiger partial charge is 0.340 e. The van der Waals surface area contributed by atoms with Crippen molar-refractivity contribution in [3.8, 4) is 0 Å². The molecule has 102 valence electrons. The topological polar surface area (TPSA) is 64.6 Å². The Morgan fingerprint density at radius 3 is 2.89 bits per heavy atom. The van der Waals surface area contributed by atoms with E-state index in [1.165, 1.54) is 13.2 Å². The molecule has 1 unspecified atom stereocenters. The monoisotopic (exact) mass is 283 g/mol. The van der Waals surface area contributed by atoms with E-state index in [9.17, 15) is 9.59 Å². The number of benzene rings is 1. The van der Waals surface area contributed by atoms with Crippen LogP contribution < -0.4 is 5.32 Å². The summed E-state index contributed by atoms with van der Waals surface area (Å²) in [6.07, 6.45) is 1.09. The number of esters is 1. The number of anilines is 1. The Morgan fingerprint density at radius 1 is 1.47 bits per heavy atom. The number of hydrogen-bond donors (Lipinski definition) is 1. The highest BCUT2D eigenvalue weighted by atomic mass is 35.5. The largest absolute Gasteiger partial charge is 0.465 e. The van der Waals surface area contributed by atoms with Crippen molar-refractivity contribution in [3.05, 3.63) is 28.8 Å². The van der Waals surface area contributed by atoms with Gasteiger partial charge in [0.05, 0.1) is 18.4 Å². The number of nitrogens with one attached hydrogen (secondary N) is 1. The first-order valence-corrected chi connectivity index (χ1v) is 6.30. The summed E-state index contributed by atoms with van der Waals surface area (Å²) in [5, 5.41) is 3.07. The van der Waals surface area contributed by atoms with E-state index < -0.39 is 12.1 Å². The summed E-state index contributed by atoms with van der Waals surface area (Å²) < 4.78 is 9.94. The first-order valence-electron chi connectivity index (χ1n) is 5.92. The molecule has 1 aliphatic rings. The van der Waals surface area contributed by atoms with E-state index in [1.54, 1.807) is 12.1 Å². The summed E-state index contributed by atoms with van der Waals surface area (Å²) >= 11 is 5.84. The van der Waals surface area contributed by atoms with Crippen molar-refractivity contribution in [2.45, 2.75) is 18.9 Å². The lowest BCUT2D eigenvalue weighted by atomic mass is 10.1. The van der Waals surface area contributed by atoms with Crippen molar-refractivity contribution in [3.63, 3.8) is 0 Å². The Bertz CT molecular complexity index is 497. The molecule has 1 aromatic rings. The van der Waals surface area contributed by atoms with Crippen LogP contribution in [0.4, 0.5) is 5.69 Å². The Hall–Kier alpha value is -1.59. The van der Waals surface area contributed by atoms with Gasteiger partial charge >= 0.3 is 5.97 Å². The molecule has 1 heterocycles. The number of rotatable bonds is 3.